The molecular formula is C27H32N2O3S. The number of amides is 1. The molecule has 0 heterocycles. The summed E-state index contributed by atoms with van der Waals surface area (Å²) >= 11 is 0. The number of rotatable bonds is 9. The summed E-state index contributed by atoms with van der Waals surface area (Å²) < 4.78 is 28.3. The summed E-state index contributed by atoms with van der Waals surface area (Å²) in [7, 11) is -3.92. The third kappa shape index (κ3) is 6.68. The molecule has 0 aliphatic heterocycles. The van der Waals surface area contributed by atoms with Gasteiger partial charge in [-0.25, -0.2) is 8.42 Å². The minimum absolute atomic E-state index is 0.0825. The van der Waals surface area contributed by atoms with Gasteiger partial charge in [0, 0.05) is 6.04 Å². The summed E-state index contributed by atoms with van der Waals surface area (Å²) in [6.07, 6.45) is 1.61. The standard InChI is InChI=1S/C27H32N2O3S/c1-20-10-14-26(15-11-20)33(31,32)29(25-17-21(2)16-22(3)18-25)19-27(30)28-23(4)12-13-24-8-6-5-7-9-24/h5-11,14-18,23H,12-13,19H2,1-4H3,(H,28,30)/t23-/m1/s1. The third-order valence-electron chi connectivity index (χ3n) is 5.51. The van der Waals surface area contributed by atoms with Crippen molar-refractivity contribution in [3.63, 3.8) is 0 Å². The van der Waals surface area contributed by atoms with E-state index in [1.807, 2.05) is 52.0 Å². The van der Waals surface area contributed by atoms with Gasteiger partial charge in [-0.1, -0.05) is 54.1 Å². The van der Waals surface area contributed by atoms with Gasteiger partial charge in [0.1, 0.15) is 6.54 Å². The second kappa shape index (κ2) is 10.7. The average Bonchev–Trinajstić information content (AvgIpc) is 2.76. The Morgan fingerprint density at radius 3 is 2.09 bits per heavy atom. The van der Waals surface area contributed by atoms with Gasteiger partial charge in [-0.05, 0) is 81.5 Å². The zero-order valence-corrected chi connectivity index (χ0v) is 20.5. The molecule has 0 saturated carbocycles. The van der Waals surface area contributed by atoms with Crippen LogP contribution in [-0.2, 0) is 21.2 Å². The fourth-order valence-corrected chi connectivity index (χ4v) is 5.20. The summed E-state index contributed by atoms with van der Waals surface area (Å²) in [5.74, 6) is -0.328. The number of nitrogens with one attached hydrogen (secondary N) is 1. The van der Waals surface area contributed by atoms with Crippen LogP contribution in [0.15, 0.2) is 77.7 Å². The molecule has 3 aromatic rings. The highest BCUT2D eigenvalue weighted by Gasteiger charge is 2.28. The molecule has 0 spiro atoms. The maximum atomic E-state index is 13.5. The Bertz CT molecular complexity index is 1170. The van der Waals surface area contributed by atoms with Crippen LogP contribution in [0.5, 0.6) is 0 Å². The monoisotopic (exact) mass is 464 g/mol. The lowest BCUT2D eigenvalue weighted by Gasteiger charge is -2.26. The van der Waals surface area contributed by atoms with Gasteiger partial charge in [0.15, 0.2) is 0 Å². The van der Waals surface area contributed by atoms with Crippen LogP contribution in [0, 0.1) is 20.8 Å². The van der Waals surface area contributed by atoms with Crippen molar-refractivity contribution >= 4 is 21.6 Å². The number of aryl methyl sites for hydroxylation is 4. The lowest BCUT2D eigenvalue weighted by molar-refractivity contribution is -0.120. The van der Waals surface area contributed by atoms with Crippen molar-refractivity contribution in [2.24, 2.45) is 0 Å². The Kier molecular flexibility index (Phi) is 7.92. The molecule has 1 N–H and O–H groups in total. The highest BCUT2D eigenvalue weighted by molar-refractivity contribution is 7.92. The van der Waals surface area contributed by atoms with Crippen LogP contribution < -0.4 is 9.62 Å². The number of sulfonamides is 1. The van der Waals surface area contributed by atoms with E-state index in [-0.39, 0.29) is 23.4 Å². The first-order valence-electron chi connectivity index (χ1n) is 11.2. The maximum absolute atomic E-state index is 13.5. The number of benzene rings is 3. The van der Waals surface area contributed by atoms with Crippen molar-refractivity contribution in [2.45, 2.75) is 51.5 Å². The predicted octanol–water partition coefficient (Wildman–Crippen LogP) is 4.94. The third-order valence-corrected chi connectivity index (χ3v) is 7.29. The lowest BCUT2D eigenvalue weighted by Crippen LogP contribution is -2.43. The molecule has 0 bridgehead atoms. The van der Waals surface area contributed by atoms with Crippen LogP contribution in [0.2, 0.25) is 0 Å². The van der Waals surface area contributed by atoms with Crippen molar-refractivity contribution in [2.75, 3.05) is 10.8 Å². The number of carbonyl (C=O) groups excluding carboxylic acids is 1. The van der Waals surface area contributed by atoms with Crippen molar-refractivity contribution < 1.29 is 13.2 Å². The second-order valence-electron chi connectivity index (χ2n) is 8.66. The molecule has 5 nitrogen and oxygen atoms in total. The number of nitrogens with zero attached hydrogens (tertiary/aromatic N) is 1. The van der Waals surface area contributed by atoms with E-state index in [1.54, 1.807) is 36.4 Å². The van der Waals surface area contributed by atoms with E-state index >= 15 is 0 Å². The molecule has 0 aliphatic rings. The van der Waals surface area contributed by atoms with Gasteiger partial charge in [0.2, 0.25) is 5.91 Å². The number of hydrogen-bond acceptors (Lipinski definition) is 3. The van der Waals surface area contributed by atoms with Crippen molar-refractivity contribution in [3.8, 4) is 0 Å². The van der Waals surface area contributed by atoms with E-state index < -0.39 is 10.0 Å². The molecular weight excluding hydrogens is 432 g/mol. The largest absolute Gasteiger partial charge is 0.352 e. The normalized spacial score (nSPS) is 12.2. The second-order valence-corrected chi connectivity index (χ2v) is 10.5. The highest BCUT2D eigenvalue weighted by Crippen LogP contribution is 2.26. The predicted molar refractivity (Wildman–Crippen MR) is 134 cm³/mol. The molecule has 1 atom stereocenters. The van der Waals surface area contributed by atoms with Crippen molar-refractivity contribution in [3.05, 3.63) is 95.1 Å². The number of anilines is 1. The van der Waals surface area contributed by atoms with Crippen molar-refractivity contribution in [1.29, 1.82) is 0 Å². The topological polar surface area (TPSA) is 66.5 Å². The minimum atomic E-state index is -3.92. The van der Waals surface area contributed by atoms with E-state index in [9.17, 15) is 13.2 Å². The lowest BCUT2D eigenvalue weighted by atomic mass is 10.1. The molecule has 0 aromatic heterocycles. The van der Waals surface area contributed by atoms with E-state index in [2.05, 4.69) is 17.4 Å². The van der Waals surface area contributed by atoms with E-state index in [4.69, 9.17) is 0 Å². The zero-order valence-electron chi connectivity index (χ0n) is 19.7. The van der Waals surface area contributed by atoms with E-state index in [1.165, 1.54) is 9.87 Å². The Morgan fingerprint density at radius 2 is 1.48 bits per heavy atom. The van der Waals surface area contributed by atoms with Gasteiger partial charge in [0.05, 0.1) is 10.6 Å². The van der Waals surface area contributed by atoms with Crippen LogP contribution in [0.1, 0.15) is 35.6 Å². The van der Waals surface area contributed by atoms with Gasteiger partial charge in [0.25, 0.3) is 10.0 Å². The Balaban J connectivity index is 1.80. The first kappa shape index (κ1) is 24.5. The van der Waals surface area contributed by atoms with Crippen molar-refractivity contribution in [1.82, 2.24) is 5.32 Å². The summed E-state index contributed by atoms with van der Waals surface area (Å²) in [5, 5.41) is 2.97. The Hall–Kier alpha value is -3.12. The fourth-order valence-electron chi connectivity index (χ4n) is 3.80. The molecule has 0 aliphatic carbocycles. The van der Waals surface area contributed by atoms with Gasteiger partial charge >= 0.3 is 0 Å². The molecule has 3 rings (SSSR count). The van der Waals surface area contributed by atoms with Gasteiger partial charge in [-0.3, -0.25) is 9.10 Å². The van der Waals surface area contributed by atoms with Crippen LogP contribution in [-0.4, -0.2) is 26.9 Å². The van der Waals surface area contributed by atoms with Crippen LogP contribution in [0.4, 0.5) is 5.69 Å². The van der Waals surface area contributed by atoms with E-state index in [0.717, 1.165) is 29.5 Å². The van der Waals surface area contributed by atoms with Crippen LogP contribution in [0.25, 0.3) is 0 Å². The highest BCUT2D eigenvalue weighted by atomic mass is 32.2. The summed E-state index contributed by atoms with van der Waals surface area (Å²) in [6, 6.07) is 22.3. The molecule has 3 aromatic carbocycles. The Morgan fingerprint density at radius 1 is 0.879 bits per heavy atom. The van der Waals surface area contributed by atoms with E-state index in [0.29, 0.717) is 5.69 Å². The average molecular weight is 465 g/mol. The van der Waals surface area contributed by atoms with Gasteiger partial charge < -0.3 is 5.32 Å². The van der Waals surface area contributed by atoms with Gasteiger partial charge in [-0.15, -0.1) is 0 Å². The summed E-state index contributed by atoms with van der Waals surface area (Å²) in [6.45, 7) is 7.39. The first-order chi connectivity index (χ1) is 15.6. The molecule has 1 amide bonds. The van der Waals surface area contributed by atoms with Crippen LogP contribution in [0.3, 0.4) is 0 Å². The van der Waals surface area contributed by atoms with Crippen LogP contribution >= 0.6 is 0 Å². The van der Waals surface area contributed by atoms with Gasteiger partial charge in [-0.2, -0.15) is 0 Å². The molecule has 0 fully saturated rings. The Labute approximate surface area is 197 Å². The summed E-state index contributed by atoms with van der Waals surface area (Å²) in [5.41, 5.74) is 4.53. The fraction of sp³-hybridized carbons (Fsp3) is 0.296. The molecule has 6 heteroatoms. The molecule has 0 unspecified atom stereocenters. The molecule has 174 valence electrons. The summed E-state index contributed by atoms with van der Waals surface area (Å²) in [4.78, 5) is 13.1. The maximum Gasteiger partial charge on any atom is 0.264 e. The quantitative estimate of drug-likeness (QED) is 0.488. The zero-order chi connectivity index (χ0) is 24.0. The molecule has 0 radical (unpaired) electrons. The smallest absolute Gasteiger partial charge is 0.264 e. The number of hydrogen-bond donors (Lipinski definition) is 1. The first-order valence-corrected chi connectivity index (χ1v) is 12.6. The SMILES string of the molecule is Cc1ccc(S(=O)(=O)N(CC(=O)N[C@H](C)CCc2ccccc2)c2cc(C)cc(C)c2)cc1. The molecule has 0 saturated heterocycles. The number of carbonyl (C=O) groups is 1. The molecule has 33 heavy (non-hydrogen) atoms. The minimum Gasteiger partial charge on any atom is -0.352 e.